The summed E-state index contributed by atoms with van der Waals surface area (Å²) in [6.07, 6.45) is 8.68. The molecule has 1 atom stereocenters. The molecule has 1 spiro atoms. The number of amides is 1. The van der Waals surface area contributed by atoms with Gasteiger partial charge in [0.05, 0.1) is 24.2 Å². The van der Waals surface area contributed by atoms with Crippen LogP contribution in [0.1, 0.15) is 54.9 Å². The number of carbonyl (C=O) groups excluding carboxylic acids is 1. The van der Waals surface area contributed by atoms with Gasteiger partial charge < -0.3 is 24.7 Å². The van der Waals surface area contributed by atoms with E-state index in [1.807, 2.05) is 31.4 Å². The molecule has 2 fully saturated rings. The second kappa shape index (κ2) is 8.83. The van der Waals surface area contributed by atoms with Gasteiger partial charge in [-0.3, -0.25) is 4.79 Å². The maximum Gasteiger partial charge on any atom is 0.263 e. The van der Waals surface area contributed by atoms with Crippen LogP contribution in [0.15, 0.2) is 18.6 Å². The van der Waals surface area contributed by atoms with Gasteiger partial charge >= 0.3 is 0 Å². The van der Waals surface area contributed by atoms with E-state index in [-0.39, 0.29) is 11.5 Å². The summed E-state index contributed by atoms with van der Waals surface area (Å²) < 4.78 is 7.64. The second-order valence-corrected chi connectivity index (χ2v) is 9.53. The number of imidazole rings is 1. The quantitative estimate of drug-likeness (QED) is 0.593. The van der Waals surface area contributed by atoms with E-state index in [0.29, 0.717) is 35.7 Å². The first-order valence-corrected chi connectivity index (χ1v) is 12.0. The van der Waals surface area contributed by atoms with Crippen molar-refractivity contribution in [2.75, 3.05) is 36.5 Å². The van der Waals surface area contributed by atoms with Crippen molar-refractivity contribution < 1.29 is 9.53 Å². The highest BCUT2D eigenvalue weighted by Crippen LogP contribution is 2.43. The number of ether oxygens (including phenoxy) is 1. The highest BCUT2D eigenvalue weighted by Gasteiger charge is 2.43. The summed E-state index contributed by atoms with van der Waals surface area (Å²) in [4.78, 5) is 33.6. The van der Waals surface area contributed by atoms with Crippen molar-refractivity contribution in [1.82, 2.24) is 29.7 Å². The first-order valence-electron chi connectivity index (χ1n) is 12.0. The molecule has 10 heteroatoms. The maximum absolute atomic E-state index is 13.1. The summed E-state index contributed by atoms with van der Waals surface area (Å²) in [5.74, 6) is 0.981. The Kier molecular flexibility index (Phi) is 5.85. The summed E-state index contributed by atoms with van der Waals surface area (Å²) >= 11 is 0. The predicted octanol–water partition coefficient (Wildman–Crippen LogP) is 2.76. The van der Waals surface area contributed by atoms with E-state index in [9.17, 15) is 4.79 Å². The Morgan fingerprint density at radius 3 is 2.79 bits per heavy atom. The fourth-order valence-electron chi connectivity index (χ4n) is 5.32. The smallest absolute Gasteiger partial charge is 0.263 e. The van der Waals surface area contributed by atoms with Crippen LogP contribution < -0.4 is 20.3 Å². The summed E-state index contributed by atoms with van der Waals surface area (Å²) in [7, 11) is 0. The van der Waals surface area contributed by atoms with Gasteiger partial charge in [-0.05, 0) is 65.5 Å². The molecule has 10 nitrogen and oxygen atoms in total. The Bertz CT molecular complexity index is 1220. The molecule has 2 saturated heterocycles. The van der Waals surface area contributed by atoms with Gasteiger partial charge in [0.15, 0.2) is 5.65 Å². The summed E-state index contributed by atoms with van der Waals surface area (Å²) in [6.45, 7) is 11.3. The molecule has 5 heterocycles. The van der Waals surface area contributed by atoms with Crippen LogP contribution in [-0.2, 0) is 0 Å². The molecule has 34 heavy (non-hydrogen) atoms. The topological polar surface area (TPSA) is 110 Å². The zero-order chi connectivity index (χ0) is 23.9. The molecule has 0 saturated carbocycles. The van der Waals surface area contributed by atoms with Gasteiger partial charge in [-0.15, -0.1) is 0 Å². The number of aromatic nitrogens is 5. The summed E-state index contributed by atoms with van der Waals surface area (Å²) in [5, 5.41) is 6.33. The lowest BCUT2D eigenvalue weighted by atomic mass is 9.77. The Morgan fingerprint density at radius 1 is 1.24 bits per heavy atom. The molecular formula is C24H32N8O2. The number of nitrogens with zero attached hydrogens (tertiary/aromatic N) is 6. The first-order chi connectivity index (χ1) is 16.4. The van der Waals surface area contributed by atoms with Gasteiger partial charge in [-0.2, -0.15) is 4.98 Å². The Hall–Kier alpha value is -3.27. The lowest BCUT2D eigenvalue weighted by Gasteiger charge is -2.33. The molecule has 0 aromatic carbocycles. The van der Waals surface area contributed by atoms with Crippen LogP contribution in [0.3, 0.4) is 0 Å². The van der Waals surface area contributed by atoms with E-state index in [0.717, 1.165) is 43.1 Å². The average Bonchev–Trinajstić information content (AvgIpc) is 3.33. The molecule has 1 unspecified atom stereocenters. The maximum atomic E-state index is 13.1. The zero-order valence-corrected chi connectivity index (χ0v) is 20.3. The monoisotopic (exact) mass is 464 g/mol. The van der Waals surface area contributed by atoms with Crippen molar-refractivity contribution in [2.24, 2.45) is 5.41 Å². The van der Waals surface area contributed by atoms with E-state index in [2.05, 4.69) is 42.4 Å². The molecule has 0 aliphatic carbocycles. The van der Waals surface area contributed by atoms with Gasteiger partial charge in [-0.25, -0.2) is 15.0 Å². The molecule has 1 amide bonds. The first kappa shape index (κ1) is 22.5. The Balaban J connectivity index is 1.39. The standard InChI is InChI=1S/C24H32N8O2/c1-5-34-22-18(21(33)29-19-13-31-12-15(2)27-20(31)17(4)28-19)11-26-23(30-22)32-14-24(10-16(32)3)6-8-25-9-7-24/h11-13,16,25H,5-10,14H2,1-4H3,(H,29,33). The van der Waals surface area contributed by atoms with Crippen LogP contribution in [0, 0.1) is 19.3 Å². The lowest BCUT2D eigenvalue weighted by molar-refractivity contribution is 0.102. The van der Waals surface area contributed by atoms with Crippen LogP contribution in [0.4, 0.5) is 11.8 Å². The molecule has 5 rings (SSSR count). The van der Waals surface area contributed by atoms with Crippen LogP contribution in [0.25, 0.3) is 5.65 Å². The van der Waals surface area contributed by atoms with Crippen molar-refractivity contribution >= 4 is 23.3 Å². The average molecular weight is 465 g/mol. The molecule has 3 aromatic rings. The van der Waals surface area contributed by atoms with E-state index < -0.39 is 0 Å². The van der Waals surface area contributed by atoms with Gasteiger partial charge in [0.25, 0.3) is 5.91 Å². The minimum atomic E-state index is -0.359. The summed E-state index contributed by atoms with van der Waals surface area (Å²) in [6, 6.07) is 0.338. The molecule has 2 N–H and O–H groups in total. The Morgan fingerprint density at radius 2 is 2.03 bits per heavy atom. The van der Waals surface area contributed by atoms with Crippen molar-refractivity contribution in [2.45, 2.75) is 53.0 Å². The third kappa shape index (κ3) is 4.18. The number of anilines is 2. The number of nitrogens with one attached hydrogen (secondary N) is 2. The van der Waals surface area contributed by atoms with E-state index in [1.54, 1.807) is 12.4 Å². The van der Waals surface area contributed by atoms with E-state index >= 15 is 0 Å². The number of hydrogen-bond donors (Lipinski definition) is 2. The second-order valence-electron chi connectivity index (χ2n) is 9.53. The number of aryl methyl sites for hydroxylation is 2. The van der Waals surface area contributed by atoms with Crippen molar-refractivity contribution in [1.29, 1.82) is 0 Å². The van der Waals surface area contributed by atoms with Gasteiger partial charge in [0.1, 0.15) is 11.4 Å². The minimum Gasteiger partial charge on any atom is -0.477 e. The van der Waals surface area contributed by atoms with Crippen molar-refractivity contribution in [3.63, 3.8) is 0 Å². The number of fused-ring (bicyclic) bond motifs is 1. The van der Waals surface area contributed by atoms with Crippen molar-refractivity contribution in [3.05, 3.63) is 35.5 Å². The minimum absolute atomic E-state index is 0.287. The van der Waals surface area contributed by atoms with E-state index in [4.69, 9.17) is 4.74 Å². The third-order valence-electron chi connectivity index (χ3n) is 6.92. The Labute approximate surface area is 199 Å². The molecule has 0 radical (unpaired) electrons. The highest BCUT2D eigenvalue weighted by molar-refractivity contribution is 6.05. The molecule has 0 bridgehead atoms. The van der Waals surface area contributed by atoms with Crippen LogP contribution in [0.2, 0.25) is 0 Å². The van der Waals surface area contributed by atoms with E-state index in [1.165, 1.54) is 12.8 Å². The number of carbonyl (C=O) groups is 1. The molecular weight excluding hydrogens is 432 g/mol. The van der Waals surface area contributed by atoms with Gasteiger partial charge in [0.2, 0.25) is 11.8 Å². The number of rotatable bonds is 5. The lowest BCUT2D eigenvalue weighted by Crippen LogP contribution is -2.39. The van der Waals surface area contributed by atoms with Crippen molar-refractivity contribution in [3.8, 4) is 5.88 Å². The molecule has 3 aromatic heterocycles. The molecule has 180 valence electrons. The van der Waals surface area contributed by atoms with Gasteiger partial charge in [0, 0.05) is 25.0 Å². The fraction of sp³-hybridized carbons (Fsp3) is 0.542. The molecule has 2 aliphatic rings. The highest BCUT2D eigenvalue weighted by atomic mass is 16.5. The van der Waals surface area contributed by atoms with Gasteiger partial charge in [-0.1, -0.05) is 0 Å². The molecule has 2 aliphatic heterocycles. The normalized spacial score (nSPS) is 19.6. The largest absolute Gasteiger partial charge is 0.477 e. The SMILES string of the molecule is CCOc1nc(N2CC3(CCNCC3)CC2C)ncc1C(=O)Nc1cn2cc(C)nc2c(C)n1. The van der Waals surface area contributed by atoms with Crippen LogP contribution in [-0.4, -0.2) is 62.5 Å². The van der Waals surface area contributed by atoms with Crippen LogP contribution >= 0.6 is 0 Å². The third-order valence-corrected chi connectivity index (χ3v) is 6.92. The summed E-state index contributed by atoms with van der Waals surface area (Å²) in [5.41, 5.74) is 2.99. The predicted molar refractivity (Wildman–Crippen MR) is 130 cm³/mol. The van der Waals surface area contributed by atoms with Crippen LogP contribution in [0.5, 0.6) is 5.88 Å². The fourth-order valence-corrected chi connectivity index (χ4v) is 5.32. The zero-order valence-electron chi connectivity index (χ0n) is 20.3. The number of hydrogen-bond acceptors (Lipinski definition) is 8. The number of piperidine rings is 1.